The molecular formula is C12H22N6OS. The van der Waals surface area contributed by atoms with E-state index in [-0.39, 0.29) is 6.61 Å². The molecule has 2 heterocycles. The van der Waals surface area contributed by atoms with Crippen LogP contribution in [-0.4, -0.2) is 65.6 Å². The number of nitrogens with two attached hydrogens (primary N) is 1. The van der Waals surface area contributed by atoms with Gasteiger partial charge in [0.15, 0.2) is 5.16 Å². The van der Waals surface area contributed by atoms with Gasteiger partial charge in [0.1, 0.15) is 11.6 Å². The Morgan fingerprint density at radius 1 is 1.35 bits per heavy atom. The summed E-state index contributed by atoms with van der Waals surface area (Å²) in [5.74, 6) is 7.00. The maximum Gasteiger partial charge on any atom is 0.191 e. The first kappa shape index (κ1) is 15.3. The van der Waals surface area contributed by atoms with Crippen molar-refractivity contribution in [2.45, 2.75) is 11.6 Å². The minimum atomic E-state index is 0.214. The predicted molar refractivity (Wildman–Crippen MR) is 82.0 cm³/mol. The smallest absolute Gasteiger partial charge is 0.191 e. The van der Waals surface area contributed by atoms with Crippen LogP contribution >= 0.6 is 11.8 Å². The standard InChI is InChI=1S/C12H22N6OS/c1-20-12-14-10(16-13)9-11(15-12)18-4-2-3-17(5-6-18)7-8-19/h9,19H,2-8,13H2,1H3,(H,14,15,16). The molecule has 0 spiro atoms. The van der Waals surface area contributed by atoms with Crippen LogP contribution in [-0.2, 0) is 0 Å². The molecule has 1 aromatic rings. The van der Waals surface area contributed by atoms with E-state index in [4.69, 9.17) is 10.9 Å². The van der Waals surface area contributed by atoms with E-state index in [1.807, 2.05) is 12.3 Å². The number of thioether (sulfide) groups is 1. The SMILES string of the molecule is CSc1nc(NN)cc(N2CCCN(CCO)CC2)n1. The largest absolute Gasteiger partial charge is 0.395 e. The molecule has 0 radical (unpaired) electrons. The highest BCUT2D eigenvalue weighted by Crippen LogP contribution is 2.21. The number of hydrazine groups is 1. The molecule has 0 bridgehead atoms. The van der Waals surface area contributed by atoms with Crippen LogP contribution in [0.3, 0.4) is 0 Å². The summed E-state index contributed by atoms with van der Waals surface area (Å²) in [6.07, 6.45) is 3.01. The molecule has 2 rings (SSSR count). The van der Waals surface area contributed by atoms with Crippen molar-refractivity contribution in [2.24, 2.45) is 5.84 Å². The Balaban J connectivity index is 2.10. The van der Waals surface area contributed by atoms with Gasteiger partial charge in [-0.1, -0.05) is 11.8 Å². The average Bonchev–Trinajstić information content (AvgIpc) is 2.73. The second-order valence-electron chi connectivity index (χ2n) is 4.65. The van der Waals surface area contributed by atoms with E-state index in [0.29, 0.717) is 11.0 Å². The number of rotatable bonds is 5. The third-order valence-electron chi connectivity index (χ3n) is 3.35. The molecule has 1 aliphatic rings. The molecule has 1 fully saturated rings. The van der Waals surface area contributed by atoms with Gasteiger partial charge in [-0.05, 0) is 19.2 Å². The maximum absolute atomic E-state index is 9.03. The minimum Gasteiger partial charge on any atom is -0.395 e. The number of nitrogen functional groups attached to an aromatic ring is 1. The molecule has 20 heavy (non-hydrogen) atoms. The summed E-state index contributed by atoms with van der Waals surface area (Å²) in [6.45, 7) is 4.75. The lowest BCUT2D eigenvalue weighted by Gasteiger charge is -2.23. The Labute approximate surface area is 123 Å². The Bertz CT molecular complexity index is 410. The third-order valence-corrected chi connectivity index (χ3v) is 3.90. The van der Waals surface area contributed by atoms with Crippen molar-refractivity contribution in [3.63, 3.8) is 0 Å². The first-order chi connectivity index (χ1) is 9.76. The molecule has 8 heteroatoms. The number of aliphatic hydroxyl groups is 1. The second-order valence-corrected chi connectivity index (χ2v) is 5.42. The molecule has 1 aromatic heterocycles. The summed E-state index contributed by atoms with van der Waals surface area (Å²) < 4.78 is 0. The van der Waals surface area contributed by atoms with Crippen molar-refractivity contribution in [1.82, 2.24) is 14.9 Å². The van der Waals surface area contributed by atoms with Gasteiger partial charge in [0.25, 0.3) is 0 Å². The molecule has 0 unspecified atom stereocenters. The molecule has 1 saturated heterocycles. The van der Waals surface area contributed by atoms with Crippen LogP contribution in [0.1, 0.15) is 6.42 Å². The maximum atomic E-state index is 9.03. The number of β-amino-alcohol motifs (C(OH)–C–C–N with tert-alkyl or cyclic N) is 1. The summed E-state index contributed by atoms with van der Waals surface area (Å²) in [5.41, 5.74) is 2.59. The monoisotopic (exact) mass is 298 g/mol. The molecule has 0 atom stereocenters. The lowest BCUT2D eigenvalue weighted by atomic mass is 10.3. The lowest BCUT2D eigenvalue weighted by molar-refractivity contribution is 0.204. The number of nitrogens with zero attached hydrogens (tertiary/aromatic N) is 4. The zero-order valence-corrected chi connectivity index (χ0v) is 12.6. The van der Waals surface area contributed by atoms with E-state index in [1.54, 1.807) is 0 Å². The minimum absolute atomic E-state index is 0.214. The normalized spacial score (nSPS) is 17.1. The van der Waals surface area contributed by atoms with Crippen LogP contribution in [0.25, 0.3) is 0 Å². The number of hydrogen-bond donors (Lipinski definition) is 3. The van der Waals surface area contributed by atoms with Crippen molar-refractivity contribution in [2.75, 3.05) is 55.9 Å². The molecule has 0 aliphatic carbocycles. The third kappa shape index (κ3) is 3.95. The zero-order valence-electron chi connectivity index (χ0n) is 11.7. The highest BCUT2D eigenvalue weighted by atomic mass is 32.2. The van der Waals surface area contributed by atoms with Crippen molar-refractivity contribution >= 4 is 23.4 Å². The zero-order chi connectivity index (χ0) is 14.4. The van der Waals surface area contributed by atoms with Crippen LogP contribution in [0.2, 0.25) is 0 Å². The van der Waals surface area contributed by atoms with Crippen molar-refractivity contribution < 1.29 is 5.11 Å². The molecule has 0 saturated carbocycles. The van der Waals surface area contributed by atoms with Crippen molar-refractivity contribution in [3.8, 4) is 0 Å². The Morgan fingerprint density at radius 2 is 2.20 bits per heavy atom. The van der Waals surface area contributed by atoms with Gasteiger partial charge in [0.05, 0.1) is 6.61 Å². The fourth-order valence-electron chi connectivity index (χ4n) is 2.31. The van der Waals surface area contributed by atoms with Crippen molar-refractivity contribution in [1.29, 1.82) is 0 Å². The van der Waals surface area contributed by atoms with Crippen molar-refractivity contribution in [3.05, 3.63) is 6.07 Å². The number of nitrogens with one attached hydrogen (secondary N) is 1. The van der Waals surface area contributed by atoms with Gasteiger partial charge in [0.2, 0.25) is 0 Å². The highest BCUT2D eigenvalue weighted by Gasteiger charge is 2.17. The Kier molecular flexibility index (Phi) is 5.84. The van der Waals surface area contributed by atoms with Crippen LogP contribution < -0.4 is 16.2 Å². The predicted octanol–water partition coefficient (Wildman–Crippen LogP) is -0.0115. The summed E-state index contributed by atoms with van der Waals surface area (Å²) in [6, 6.07) is 1.88. The van der Waals surface area contributed by atoms with Crippen LogP contribution in [0, 0.1) is 0 Å². The van der Waals surface area contributed by atoms with E-state index in [2.05, 4.69) is 25.2 Å². The van der Waals surface area contributed by atoms with E-state index >= 15 is 0 Å². The first-order valence-electron chi connectivity index (χ1n) is 6.74. The molecule has 7 nitrogen and oxygen atoms in total. The van der Waals surface area contributed by atoms with E-state index in [9.17, 15) is 0 Å². The summed E-state index contributed by atoms with van der Waals surface area (Å²) in [5, 5.41) is 9.74. The van der Waals surface area contributed by atoms with Gasteiger partial charge in [-0.2, -0.15) is 0 Å². The highest BCUT2D eigenvalue weighted by molar-refractivity contribution is 7.98. The quantitative estimate of drug-likeness (QED) is 0.303. The first-order valence-corrected chi connectivity index (χ1v) is 7.97. The fourth-order valence-corrected chi connectivity index (χ4v) is 2.68. The van der Waals surface area contributed by atoms with Crippen LogP contribution in [0.5, 0.6) is 0 Å². The number of aliphatic hydroxyl groups excluding tert-OH is 1. The molecule has 4 N–H and O–H groups in total. The van der Waals surface area contributed by atoms with Gasteiger partial charge in [-0.25, -0.2) is 15.8 Å². The summed E-state index contributed by atoms with van der Waals surface area (Å²) >= 11 is 1.50. The van der Waals surface area contributed by atoms with Gasteiger partial charge >= 0.3 is 0 Å². The van der Waals surface area contributed by atoms with Gasteiger partial charge < -0.3 is 15.4 Å². The Hall–Kier alpha value is -1.09. The number of anilines is 2. The molecular weight excluding hydrogens is 276 g/mol. The molecule has 1 aliphatic heterocycles. The van der Waals surface area contributed by atoms with E-state index in [0.717, 1.165) is 45.0 Å². The fraction of sp³-hybridized carbons (Fsp3) is 0.667. The second kappa shape index (κ2) is 7.63. The molecule has 0 aromatic carbocycles. The summed E-state index contributed by atoms with van der Waals surface area (Å²) in [4.78, 5) is 13.4. The topological polar surface area (TPSA) is 90.5 Å². The summed E-state index contributed by atoms with van der Waals surface area (Å²) in [7, 11) is 0. The average molecular weight is 298 g/mol. The van der Waals surface area contributed by atoms with Crippen LogP contribution in [0.15, 0.2) is 11.2 Å². The number of hydrogen-bond acceptors (Lipinski definition) is 8. The van der Waals surface area contributed by atoms with Gasteiger partial charge in [-0.3, -0.25) is 4.90 Å². The van der Waals surface area contributed by atoms with E-state index in [1.165, 1.54) is 11.8 Å². The Morgan fingerprint density at radius 3 is 2.90 bits per heavy atom. The lowest BCUT2D eigenvalue weighted by Crippen LogP contribution is -2.32. The molecule has 0 amide bonds. The van der Waals surface area contributed by atoms with Crippen LogP contribution in [0.4, 0.5) is 11.6 Å². The van der Waals surface area contributed by atoms with Gasteiger partial charge in [-0.15, -0.1) is 0 Å². The molecule has 112 valence electrons. The van der Waals surface area contributed by atoms with Gasteiger partial charge in [0, 0.05) is 32.2 Å². The number of aromatic nitrogens is 2. The van der Waals surface area contributed by atoms with E-state index < -0.39 is 0 Å².